The van der Waals surface area contributed by atoms with Gasteiger partial charge >= 0.3 is 0 Å². The van der Waals surface area contributed by atoms with Crippen molar-refractivity contribution in [3.63, 3.8) is 0 Å². The zero-order valence-corrected chi connectivity index (χ0v) is 11.9. The Kier molecular flexibility index (Phi) is 1.95. The number of thiazole rings is 2. The number of aromatic nitrogens is 4. The molecule has 0 bridgehead atoms. The Labute approximate surface area is 121 Å². The number of para-hydroxylation sites is 1. The molecule has 1 aromatic carbocycles. The van der Waals surface area contributed by atoms with E-state index in [2.05, 4.69) is 48.4 Å². The second-order valence-electron chi connectivity index (χ2n) is 4.53. The van der Waals surface area contributed by atoms with Crippen molar-refractivity contribution in [1.29, 1.82) is 0 Å². The maximum Gasteiger partial charge on any atom is 0.195 e. The number of benzene rings is 1. The van der Waals surface area contributed by atoms with Crippen molar-refractivity contribution < 1.29 is 0 Å². The first-order chi connectivity index (χ1) is 9.92. The van der Waals surface area contributed by atoms with Crippen LogP contribution < -0.4 is 0 Å². The highest BCUT2D eigenvalue weighted by Gasteiger charge is 2.15. The lowest BCUT2D eigenvalue weighted by Crippen LogP contribution is -1.89. The summed E-state index contributed by atoms with van der Waals surface area (Å²) < 4.78 is 5.59. The fourth-order valence-corrected chi connectivity index (χ4v) is 4.40. The van der Waals surface area contributed by atoms with E-state index in [9.17, 15) is 0 Å². The van der Waals surface area contributed by atoms with Crippen molar-refractivity contribution in [2.45, 2.75) is 0 Å². The molecular formula is C14H8N4S2. The molecule has 0 unspecified atom stereocenters. The van der Waals surface area contributed by atoms with Crippen molar-refractivity contribution in [2.75, 3.05) is 0 Å². The lowest BCUT2D eigenvalue weighted by atomic mass is 10.3. The smallest absolute Gasteiger partial charge is 0.195 e. The highest BCUT2D eigenvalue weighted by Crippen LogP contribution is 2.32. The molecule has 0 amide bonds. The van der Waals surface area contributed by atoms with Gasteiger partial charge in [-0.15, -0.1) is 11.3 Å². The van der Waals surface area contributed by atoms with Gasteiger partial charge in [0.25, 0.3) is 0 Å². The van der Waals surface area contributed by atoms with Crippen LogP contribution in [0.2, 0.25) is 0 Å². The second kappa shape index (κ2) is 3.68. The van der Waals surface area contributed by atoms with Gasteiger partial charge in [0.2, 0.25) is 0 Å². The number of hydrogen-bond donors (Lipinski definition) is 0. The summed E-state index contributed by atoms with van der Waals surface area (Å²) in [5.41, 5.74) is 3.46. The van der Waals surface area contributed by atoms with E-state index in [1.165, 1.54) is 10.2 Å². The van der Waals surface area contributed by atoms with Gasteiger partial charge in [0.1, 0.15) is 0 Å². The fraction of sp³-hybridized carbons (Fsp3) is 0. The van der Waals surface area contributed by atoms with Gasteiger partial charge in [-0.2, -0.15) is 0 Å². The maximum absolute atomic E-state index is 4.56. The topological polar surface area (TPSA) is 34.6 Å². The molecule has 0 saturated heterocycles. The number of fused-ring (bicyclic) bond motifs is 4. The van der Waals surface area contributed by atoms with E-state index >= 15 is 0 Å². The summed E-state index contributed by atoms with van der Waals surface area (Å²) >= 11 is 3.37. The predicted octanol–water partition coefficient (Wildman–Crippen LogP) is 3.93. The first kappa shape index (κ1) is 10.6. The highest BCUT2D eigenvalue weighted by atomic mass is 32.1. The fourth-order valence-electron chi connectivity index (χ4n) is 2.56. The van der Waals surface area contributed by atoms with Crippen molar-refractivity contribution in [3.8, 4) is 11.4 Å². The molecule has 4 heterocycles. The lowest BCUT2D eigenvalue weighted by molar-refractivity contribution is 1.19. The standard InChI is InChI=1S/C14H8N4S2/c1-2-4-12-9(3-1)18-10(7-16-14(18)20-12)11-8-19-13-15-5-6-17(11)13/h1-8H. The summed E-state index contributed by atoms with van der Waals surface area (Å²) in [6.07, 6.45) is 5.77. The molecule has 6 heteroatoms. The Morgan fingerprint density at radius 3 is 2.95 bits per heavy atom. The van der Waals surface area contributed by atoms with E-state index in [0.29, 0.717) is 0 Å². The molecule has 5 rings (SSSR count). The normalized spacial score (nSPS) is 12.0. The Bertz CT molecular complexity index is 1060. The van der Waals surface area contributed by atoms with Crippen LogP contribution in [0.1, 0.15) is 0 Å². The van der Waals surface area contributed by atoms with Crippen molar-refractivity contribution in [3.05, 3.63) is 48.2 Å². The summed E-state index contributed by atoms with van der Waals surface area (Å²) in [4.78, 5) is 10.9. The van der Waals surface area contributed by atoms with Crippen LogP contribution in [0.25, 0.3) is 31.5 Å². The molecule has 4 nitrogen and oxygen atoms in total. The molecule has 0 aliphatic carbocycles. The van der Waals surface area contributed by atoms with Crippen molar-refractivity contribution in [2.24, 2.45) is 0 Å². The zero-order chi connectivity index (χ0) is 13.1. The van der Waals surface area contributed by atoms with Gasteiger partial charge in [-0.05, 0) is 12.1 Å². The SMILES string of the molecule is c1ccc2c(c1)sc1ncc(-c3csc4nccn34)n12. The molecule has 96 valence electrons. The second-order valence-corrected chi connectivity index (χ2v) is 6.38. The molecule has 0 radical (unpaired) electrons. The monoisotopic (exact) mass is 296 g/mol. The van der Waals surface area contributed by atoms with Crippen LogP contribution in [-0.2, 0) is 0 Å². The third-order valence-corrected chi connectivity index (χ3v) is 5.33. The summed E-state index contributed by atoms with van der Waals surface area (Å²) in [7, 11) is 0. The van der Waals surface area contributed by atoms with Gasteiger partial charge in [-0.3, -0.25) is 8.80 Å². The molecular weight excluding hydrogens is 288 g/mol. The Hall–Kier alpha value is -2.18. The molecule has 0 atom stereocenters. The Balaban J connectivity index is 1.95. The molecule has 0 aliphatic heterocycles. The lowest BCUT2D eigenvalue weighted by Gasteiger charge is -1.99. The van der Waals surface area contributed by atoms with E-state index in [1.807, 2.05) is 18.6 Å². The van der Waals surface area contributed by atoms with Crippen LogP contribution in [0.15, 0.2) is 48.2 Å². The largest absolute Gasteiger partial charge is 0.289 e. The van der Waals surface area contributed by atoms with E-state index in [0.717, 1.165) is 21.3 Å². The summed E-state index contributed by atoms with van der Waals surface area (Å²) in [5, 5.41) is 2.14. The summed E-state index contributed by atoms with van der Waals surface area (Å²) in [5.74, 6) is 0. The van der Waals surface area contributed by atoms with E-state index < -0.39 is 0 Å². The average Bonchev–Trinajstić information content (AvgIpc) is 3.18. The summed E-state index contributed by atoms with van der Waals surface area (Å²) in [6, 6.07) is 8.41. The van der Waals surface area contributed by atoms with Crippen molar-refractivity contribution in [1.82, 2.24) is 18.8 Å². The third-order valence-electron chi connectivity index (χ3n) is 3.44. The molecule has 4 aromatic heterocycles. The average molecular weight is 296 g/mol. The molecule has 5 aromatic rings. The minimum atomic E-state index is 1.01. The van der Waals surface area contributed by atoms with Crippen LogP contribution >= 0.6 is 22.7 Å². The van der Waals surface area contributed by atoms with Gasteiger partial charge in [0, 0.05) is 17.8 Å². The number of hydrogen-bond acceptors (Lipinski definition) is 4. The highest BCUT2D eigenvalue weighted by molar-refractivity contribution is 7.23. The molecule has 0 fully saturated rings. The van der Waals surface area contributed by atoms with Gasteiger partial charge in [-0.25, -0.2) is 9.97 Å². The molecule has 0 saturated carbocycles. The minimum Gasteiger partial charge on any atom is -0.289 e. The van der Waals surface area contributed by atoms with Crippen molar-refractivity contribution >= 4 is 42.8 Å². The van der Waals surface area contributed by atoms with Gasteiger partial charge in [0.15, 0.2) is 9.92 Å². The summed E-state index contributed by atoms with van der Waals surface area (Å²) in [6.45, 7) is 0. The third kappa shape index (κ3) is 1.25. The molecule has 20 heavy (non-hydrogen) atoms. The van der Waals surface area contributed by atoms with Crippen LogP contribution in [0.4, 0.5) is 0 Å². The van der Waals surface area contributed by atoms with Gasteiger partial charge in [-0.1, -0.05) is 23.5 Å². The zero-order valence-electron chi connectivity index (χ0n) is 10.2. The van der Waals surface area contributed by atoms with Gasteiger partial charge in [0.05, 0.1) is 27.8 Å². The Morgan fingerprint density at radius 1 is 1.00 bits per heavy atom. The predicted molar refractivity (Wildman–Crippen MR) is 82.6 cm³/mol. The minimum absolute atomic E-state index is 1.01. The van der Waals surface area contributed by atoms with E-state index in [1.54, 1.807) is 22.7 Å². The van der Waals surface area contributed by atoms with Crippen LogP contribution in [-0.4, -0.2) is 18.8 Å². The van der Waals surface area contributed by atoms with Crippen LogP contribution in [0.5, 0.6) is 0 Å². The van der Waals surface area contributed by atoms with Crippen LogP contribution in [0, 0.1) is 0 Å². The maximum atomic E-state index is 4.56. The molecule has 0 spiro atoms. The number of rotatable bonds is 1. The molecule has 0 aliphatic rings. The quantitative estimate of drug-likeness (QED) is 0.470. The Morgan fingerprint density at radius 2 is 1.95 bits per heavy atom. The first-order valence-electron chi connectivity index (χ1n) is 6.18. The van der Waals surface area contributed by atoms with E-state index in [-0.39, 0.29) is 0 Å². The number of imidazole rings is 2. The van der Waals surface area contributed by atoms with Crippen LogP contribution in [0.3, 0.4) is 0 Å². The van der Waals surface area contributed by atoms with Gasteiger partial charge < -0.3 is 0 Å². The van der Waals surface area contributed by atoms with E-state index in [4.69, 9.17) is 0 Å². The molecule has 0 N–H and O–H groups in total. The number of nitrogens with zero attached hydrogens (tertiary/aromatic N) is 4. The first-order valence-corrected chi connectivity index (χ1v) is 7.87.